The molecule has 2 rings (SSSR count). The number of para-hydroxylation sites is 1. The van der Waals surface area contributed by atoms with E-state index >= 15 is 0 Å². The summed E-state index contributed by atoms with van der Waals surface area (Å²) in [7, 11) is 0. The molecule has 3 nitrogen and oxygen atoms in total. The minimum atomic E-state index is -0.276. The van der Waals surface area contributed by atoms with E-state index < -0.39 is 0 Å². The van der Waals surface area contributed by atoms with Gasteiger partial charge in [0.15, 0.2) is 0 Å². The van der Waals surface area contributed by atoms with Gasteiger partial charge >= 0.3 is 0 Å². The molecule has 0 unspecified atom stereocenters. The number of carbonyl (C=O) groups is 1. The second kappa shape index (κ2) is 7.32. The van der Waals surface area contributed by atoms with Gasteiger partial charge in [0.05, 0.1) is 0 Å². The van der Waals surface area contributed by atoms with Crippen LogP contribution in [0.25, 0.3) is 0 Å². The SMILES string of the molecule is N#C/C(=C\Sc1ccccc1N)C(=O)C1=CC=CCC=C1. The van der Waals surface area contributed by atoms with Gasteiger partial charge < -0.3 is 5.73 Å². The fourth-order valence-corrected chi connectivity index (χ4v) is 2.49. The normalized spacial score (nSPS) is 14.2. The number of ketones is 1. The summed E-state index contributed by atoms with van der Waals surface area (Å²) in [4.78, 5) is 13.1. The summed E-state index contributed by atoms with van der Waals surface area (Å²) in [6.45, 7) is 0. The smallest absolute Gasteiger partial charge is 0.204 e. The second-order valence-corrected chi connectivity index (χ2v) is 5.23. The molecular weight excluding hydrogens is 280 g/mol. The first-order valence-electron chi connectivity index (χ1n) is 6.42. The maximum absolute atomic E-state index is 12.3. The Kier molecular flexibility index (Phi) is 5.19. The lowest BCUT2D eigenvalue weighted by Crippen LogP contribution is -2.02. The fourth-order valence-electron chi connectivity index (χ4n) is 1.73. The van der Waals surface area contributed by atoms with E-state index in [1.807, 2.05) is 42.5 Å². The molecular formula is C17H14N2OS. The number of nitrogens with zero attached hydrogens (tertiary/aromatic N) is 1. The van der Waals surface area contributed by atoms with Crippen LogP contribution in [0.3, 0.4) is 0 Å². The number of hydrogen-bond donors (Lipinski definition) is 1. The van der Waals surface area contributed by atoms with Gasteiger partial charge in [0.1, 0.15) is 11.6 Å². The topological polar surface area (TPSA) is 66.9 Å². The van der Waals surface area contributed by atoms with E-state index in [-0.39, 0.29) is 11.4 Å². The zero-order chi connectivity index (χ0) is 15.1. The molecule has 0 heterocycles. The van der Waals surface area contributed by atoms with E-state index in [1.165, 1.54) is 11.8 Å². The standard InChI is InChI=1S/C17H14N2OS/c18-11-14(12-21-16-10-6-5-9-15(16)19)17(20)13-7-3-1-2-4-8-13/h1,3-10,12H,2,19H2/b14-12+. The molecule has 0 saturated carbocycles. The number of hydrogen-bond acceptors (Lipinski definition) is 4. The number of nitrogen functional groups attached to an aromatic ring is 1. The summed E-state index contributed by atoms with van der Waals surface area (Å²) >= 11 is 1.28. The Morgan fingerprint density at radius 1 is 1.33 bits per heavy atom. The number of carbonyl (C=O) groups excluding carboxylic acids is 1. The molecule has 1 aliphatic carbocycles. The van der Waals surface area contributed by atoms with Gasteiger partial charge in [-0.15, -0.1) is 0 Å². The first-order valence-corrected chi connectivity index (χ1v) is 7.30. The summed E-state index contributed by atoms with van der Waals surface area (Å²) in [5, 5.41) is 10.7. The van der Waals surface area contributed by atoms with Crippen LogP contribution >= 0.6 is 11.8 Å². The number of thioether (sulfide) groups is 1. The van der Waals surface area contributed by atoms with Crippen LogP contribution < -0.4 is 5.73 Å². The van der Waals surface area contributed by atoms with Crippen LogP contribution in [0.4, 0.5) is 5.69 Å². The molecule has 0 saturated heterocycles. The van der Waals surface area contributed by atoms with Gasteiger partial charge in [-0.25, -0.2) is 0 Å². The number of allylic oxidation sites excluding steroid dienone is 7. The Morgan fingerprint density at radius 3 is 2.90 bits per heavy atom. The third-order valence-corrected chi connectivity index (χ3v) is 3.81. The van der Waals surface area contributed by atoms with Gasteiger partial charge in [0, 0.05) is 16.2 Å². The molecule has 0 radical (unpaired) electrons. The number of anilines is 1. The minimum Gasteiger partial charge on any atom is -0.398 e. The Balaban J connectivity index is 2.20. The van der Waals surface area contributed by atoms with E-state index in [9.17, 15) is 10.1 Å². The van der Waals surface area contributed by atoms with E-state index in [2.05, 4.69) is 0 Å². The zero-order valence-electron chi connectivity index (χ0n) is 11.3. The predicted octanol–water partition coefficient (Wildman–Crippen LogP) is 3.78. The monoisotopic (exact) mass is 294 g/mol. The van der Waals surface area contributed by atoms with Crippen molar-refractivity contribution >= 4 is 23.2 Å². The van der Waals surface area contributed by atoms with E-state index in [4.69, 9.17) is 5.73 Å². The van der Waals surface area contributed by atoms with Crippen molar-refractivity contribution in [1.29, 1.82) is 5.26 Å². The van der Waals surface area contributed by atoms with E-state index in [0.717, 1.165) is 11.3 Å². The molecule has 0 fully saturated rings. The van der Waals surface area contributed by atoms with Crippen molar-refractivity contribution in [3.8, 4) is 6.07 Å². The Labute approximate surface area is 128 Å². The third-order valence-electron chi connectivity index (χ3n) is 2.83. The summed E-state index contributed by atoms with van der Waals surface area (Å²) in [5.74, 6) is -0.276. The van der Waals surface area contributed by atoms with Gasteiger partial charge in [-0.05, 0) is 24.0 Å². The van der Waals surface area contributed by atoms with Crippen molar-refractivity contribution in [1.82, 2.24) is 0 Å². The summed E-state index contributed by atoms with van der Waals surface area (Å²) in [6.07, 6.45) is 9.92. The zero-order valence-corrected chi connectivity index (χ0v) is 12.1. The Morgan fingerprint density at radius 2 is 2.14 bits per heavy atom. The molecule has 1 aromatic carbocycles. The highest BCUT2D eigenvalue weighted by Crippen LogP contribution is 2.27. The van der Waals surface area contributed by atoms with Crippen LogP contribution in [-0.2, 0) is 4.79 Å². The molecule has 2 N–H and O–H groups in total. The van der Waals surface area contributed by atoms with E-state index in [1.54, 1.807) is 23.6 Å². The molecule has 0 aromatic heterocycles. The average molecular weight is 294 g/mol. The molecule has 0 spiro atoms. The van der Waals surface area contributed by atoms with Crippen LogP contribution in [0.15, 0.2) is 76.1 Å². The van der Waals surface area contributed by atoms with Crippen molar-refractivity contribution < 1.29 is 4.79 Å². The van der Waals surface area contributed by atoms with Crippen LogP contribution in [-0.4, -0.2) is 5.78 Å². The summed E-state index contributed by atoms with van der Waals surface area (Å²) in [5.41, 5.74) is 7.08. The number of Topliss-reactive ketones (excluding diaryl/α,β-unsaturated/α-hetero) is 1. The van der Waals surface area contributed by atoms with Crippen molar-refractivity contribution in [2.24, 2.45) is 0 Å². The van der Waals surface area contributed by atoms with Crippen LogP contribution in [0.5, 0.6) is 0 Å². The molecule has 0 aliphatic heterocycles. The summed E-state index contributed by atoms with van der Waals surface area (Å²) in [6, 6.07) is 9.30. The van der Waals surface area contributed by atoms with Crippen molar-refractivity contribution in [2.45, 2.75) is 11.3 Å². The van der Waals surface area contributed by atoms with Crippen molar-refractivity contribution in [2.75, 3.05) is 5.73 Å². The Hall–Kier alpha value is -2.51. The molecule has 4 heteroatoms. The van der Waals surface area contributed by atoms with Gasteiger partial charge in [-0.2, -0.15) is 5.26 Å². The molecule has 0 bridgehead atoms. The van der Waals surface area contributed by atoms with Crippen LogP contribution in [0.2, 0.25) is 0 Å². The van der Waals surface area contributed by atoms with Gasteiger partial charge in [0.25, 0.3) is 0 Å². The predicted molar refractivity (Wildman–Crippen MR) is 86.4 cm³/mol. The highest BCUT2D eigenvalue weighted by atomic mass is 32.2. The highest BCUT2D eigenvalue weighted by molar-refractivity contribution is 8.02. The van der Waals surface area contributed by atoms with Gasteiger partial charge in [-0.1, -0.05) is 54.3 Å². The minimum absolute atomic E-state index is 0.106. The lowest BCUT2D eigenvalue weighted by atomic mass is 10.1. The number of rotatable bonds is 4. The molecule has 1 aliphatic rings. The number of nitriles is 1. The maximum atomic E-state index is 12.3. The van der Waals surface area contributed by atoms with Crippen molar-refractivity contribution in [3.05, 3.63) is 71.2 Å². The first kappa shape index (κ1) is 14.9. The first-order chi connectivity index (χ1) is 10.2. The second-order valence-electron chi connectivity index (χ2n) is 4.32. The molecule has 0 atom stereocenters. The average Bonchev–Trinajstić information content (AvgIpc) is 2.78. The molecule has 0 amide bonds. The van der Waals surface area contributed by atoms with Crippen LogP contribution in [0, 0.1) is 11.3 Å². The van der Waals surface area contributed by atoms with Crippen molar-refractivity contribution in [3.63, 3.8) is 0 Å². The lowest BCUT2D eigenvalue weighted by Gasteiger charge is -2.02. The Bertz CT molecular complexity index is 706. The summed E-state index contributed by atoms with van der Waals surface area (Å²) < 4.78 is 0. The number of nitrogens with two attached hydrogens (primary N) is 1. The molecule has 1 aromatic rings. The van der Waals surface area contributed by atoms with Crippen LogP contribution in [0.1, 0.15) is 6.42 Å². The highest BCUT2D eigenvalue weighted by Gasteiger charge is 2.13. The maximum Gasteiger partial charge on any atom is 0.204 e. The molecule has 21 heavy (non-hydrogen) atoms. The third kappa shape index (κ3) is 3.98. The lowest BCUT2D eigenvalue weighted by molar-refractivity contribution is -0.111. The van der Waals surface area contributed by atoms with E-state index in [0.29, 0.717) is 11.3 Å². The number of benzene rings is 1. The van der Waals surface area contributed by atoms with Gasteiger partial charge in [-0.3, -0.25) is 4.79 Å². The quantitative estimate of drug-likeness (QED) is 0.397. The molecule has 104 valence electrons. The fraction of sp³-hybridized carbons (Fsp3) is 0.0588. The van der Waals surface area contributed by atoms with Gasteiger partial charge in [0.2, 0.25) is 5.78 Å². The largest absolute Gasteiger partial charge is 0.398 e.